The molecule has 2 rings (SSSR count). The third kappa shape index (κ3) is 5.56. The van der Waals surface area contributed by atoms with E-state index in [4.69, 9.17) is 4.74 Å². The van der Waals surface area contributed by atoms with Gasteiger partial charge in [-0.2, -0.15) is 0 Å². The van der Waals surface area contributed by atoms with Gasteiger partial charge in [0.15, 0.2) is 6.61 Å². The van der Waals surface area contributed by atoms with Crippen molar-refractivity contribution in [3.05, 3.63) is 45.8 Å². The van der Waals surface area contributed by atoms with Gasteiger partial charge < -0.3 is 20.3 Å². The summed E-state index contributed by atoms with van der Waals surface area (Å²) in [7, 11) is 3.92. The molecule has 0 fully saturated rings. The van der Waals surface area contributed by atoms with Crippen LogP contribution in [0.1, 0.15) is 33.3 Å². The Balaban J connectivity index is 1.90. The van der Waals surface area contributed by atoms with Crippen molar-refractivity contribution in [1.29, 1.82) is 0 Å². The molecule has 8 heteroatoms. The lowest BCUT2D eigenvalue weighted by molar-refractivity contribution is -0.124. The van der Waals surface area contributed by atoms with Crippen LogP contribution in [0, 0.1) is 13.8 Å². The first-order valence-corrected chi connectivity index (χ1v) is 9.58. The van der Waals surface area contributed by atoms with Crippen LogP contribution in [0.25, 0.3) is 0 Å². The maximum absolute atomic E-state index is 12.4. The Morgan fingerprint density at radius 1 is 1.11 bits per heavy atom. The van der Waals surface area contributed by atoms with E-state index in [1.54, 1.807) is 6.92 Å². The summed E-state index contributed by atoms with van der Waals surface area (Å²) < 4.78 is 5.14. The van der Waals surface area contributed by atoms with Crippen LogP contribution in [-0.2, 0) is 20.9 Å². The lowest BCUT2D eigenvalue weighted by atomic mass is 10.1. The normalized spacial score (nSPS) is 10.3. The number of anilines is 2. The minimum absolute atomic E-state index is 0.270. The highest BCUT2D eigenvalue weighted by molar-refractivity contribution is 7.16. The van der Waals surface area contributed by atoms with E-state index < -0.39 is 11.9 Å². The average Bonchev–Trinajstić information content (AvgIpc) is 2.91. The summed E-state index contributed by atoms with van der Waals surface area (Å²) in [6.45, 7) is 4.97. The van der Waals surface area contributed by atoms with Crippen LogP contribution in [0.3, 0.4) is 0 Å². The molecule has 0 spiro atoms. The predicted octanol–water partition coefficient (Wildman–Crippen LogP) is 2.86. The second kappa shape index (κ2) is 9.36. The van der Waals surface area contributed by atoms with Crippen molar-refractivity contribution in [1.82, 2.24) is 5.32 Å². The van der Waals surface area contributed by atoms with Crippen molar-refractivity contribution < 1.29 is 19.1 Å². The fraction of sp³-hybridized carbons (Fsp3) is 0.350. The highest BCUT2D eigenvalue weighted by atomic mass is 32.1. The Morgan fingerprint density at radius 3 is 2.32 bits per heavy atom. The van der Waals surface area contributed by atoms with Crippen LogP contribution in [0.15, 0.2) is 24.3 Å². The van der Waals surface area contributed by atoms with Crippen molar-refractivity contribution in [2.45, 2.75) is 27.3 Å². The molecule has 28 heavy (non-hydrogen) atoms. The SMILES string of the molecule is CC(=O)Nc1sc(C)c(C)c1C(=O)OCC(=O)NCc1ccc(N(C)C)cc1. The summed E-state index contributed by atoms with van der Waals surface area (Å²) in [5.41, 5.74) is 3.05. The molecular weight excluding hydrogens is 378 g/mol. The number of amides is 2. The zero-order chi connectivity index (χ0) is 20.8. The summed E-state index contributed by atoms with van der Waals surface area (Å²) in [5.74, 6) is -1.29. The summed E-state index contributed by atoms with van der Waals surface area (Å²) in [5, 5.41) is 5.80. The van der Waals surface area contributed by atoms with E-state index in [1.807, 2.05) is 50.2 Å². The summed E-state index contributed by atoms with van der Waals surface area (Å²) >= 11 is 1.31. The number of benzene rings is 1. The van der Waals surface area contributed by atoms with Crippen molar-refractivity contribution in [2.75, 3.05) is 30.9 Å². The number of thiophene rings is 1. The Labute approximate surface area is 168 Å². The van der Waals surface area contributed by atoms with E-state index in [0.29, 0.717) is 17.1 Å². The highest BCUT2D eigenvalue weighted by Crippen LogP contribution is 2.32. The van der Waals surface area contributed by atoms with E-state index in [2.05, 4.69) is 10.6 Å². The number of carbonyl (C=O) groups is 3. The molecule has 0 aliphatic rings. The van der Waals surface area contributed by atoms with Gasteiger partial charge in [-0.05, 0) is 37.1 Å². The maximum Gasteiger partial charge on any atom is 0.341 e. The Morgan fingerprint density at radius 2 is 1.75 bits per heavy atom. The fourth-order valence-corrected chi connectivity index (χ4v) is 3.58. The summed E-state index contributed by atoms with van der Waals surface area (Å²) in [6, 6.07) is 7.79. The van der Waals surface area contributed by atoms with Gasteiger partial charge >= 0.3 is 5.97 Å². The van der Waals surface area contributed by atoms with Gasteiger partial charge in [0, 0.05) is 38.1 Å². The second-order valence-electron chi connectivity index (χ2n) is 6.58. The third-order valence-corrected chi connectivity index (χ3v) is 5.28. The largest absolute Gasteiger partial charge is 0.452 e. The van der Waals surface area contributed by atoms with Crippen LogP contribution in [0.4, 0.5) is 10.7 Å². The number of hydrogen-bond acceptors (Lipinski definition) is 6. The van der Waals surface area contributed by atoms with E-state index in [9.17, 15) is 14.4 Å². The van der Waals surface area contributed by atoms with Crippen LogP contribution in [0.5, 0.6) is 0 Å². The molecule has 2 N–H and O–H groups in total. The molecule has 0 aliphatic carbocycles. The van der Waals surface area contributed by atoms with Gasteiger partial charge in [0.25, 0.3) is 5.91 Å². The number of nitrogens with one attached hydrogen (secondary N) is 2. The predicted molar refractivity (Wildman–Crippen MR) is 111 cm³/mol. The molecule has 0 atom stereocenters. The van der Waals surface area contributed by atoms with Crippen molar-refractivity contribution in [3.8, 4) is 0 Å². The van der Waals surface area contributed by atoms with E-state index in [-0.39, 0.29) is 12.5 Å². The molecule has 1 aromatic heterocycles. The third-order valence-electron chi connectivity index (χ3n) is 4.16. The molecule has 0 aliphatic heterocycles. The Hall–Kier alpha value is -2.87. The molecule has 1 heterocycles. The van der Waals surface area contributed by atoms with Crippen molar-refractivity contribution in [2.24, 2.45) is 0 Å². The molecule has 7 nitrogen and oxygen atoms in total. The molecule has 1 aromatic carbocycles. The van der Waals surface area contributed by atoms with Crippen LogP contribution in [-0.4, -0.2) is 38.5 Å². The van der Waals surface area contributed by atoms with Gasteiger partial charge in [-0.3, -0.25) is 9.59 Å². The second-order valence-corrected chi connectivity index (χ2v) is 7.81. The van der Waals surface area contributed by atoms with Gasteiger partial charge in [0.05, 0.1) is 5.56 Å². The zero-order valence-corrected chi connectivity index (χ0v) is 17.5. The quantitative estimate of drug-likeness (QED) is 0.694. The lowest BCUT2D eigenvalue weighted by Gasteiger charge is -2.13. The van der Waals surface area contributed by atoms with Gasteiger partial charge in [-0.25, -0.2) is 4.79 Å². The van der Waals surface area contributed by atoms with Gasteiger partial charge in [-0.15, -0.1) is 11.3 Å². The molecule has 0 saturated heterocycles. The average molecular weight is 404 g/mol. The maximum atomic E-state index is 12.4. The first-order chi connectivity index (χ1) is 13.2. The molecular formula is C20H25N3O4S. The molecule has 0 saturated carbocycles. The van der Waals surface area contributed by atoms with E-state index in [0.717, 1.165) is 21.7 Å². The topological polar surface area (TPSA) is 87.7 Å². The first-order valence-electron chi connectivity index (χ1n) is 8.76. The number of nitrogens with zero attached hydrogens (tertiary/aromatic N) is 1. The van der Waals surface area contributed by atoms with Crippen LogP contribution < -0.4 is 15.5 Å². The number of esters is 1. The van der Waals surface area contributed by atoms with Crippen LogP contribution >= 0.6 is 11.3 Å². The van der Waals surface area contributed by atoms with Gasteiger partial charge in [0.1, 0.15) is 5.00 Å². The minimum Gasteiger partial charge on any atom is -0.452 e. The van der Waals surface area contributed by atoms with E-state index in [1.165, 1.54) is 18.3 Å². The minimum atomic E-state index is -0.629. The monoisotopic (exact) mass is 403 g/mol. The van der Waals surface area contributed by atoms with E-state index >= 15 is 0 Å². The number of ether oxygens (including phenoxy) is 1. The number of rotatable bonds is 7. The molecule has 0 unspecified atom stereocenters. The first kappa shape index (κ1) is 21.4. The molecule has 2 amide bonds. The van der Waals surface area contributed by atoms with Crippen molar-refractivity contribution in [3.63, 3.8) is 0 Å². The Kier molecular flexibility index (Phi) is 7.17. The smallest absolute Gasteiger partial charge is 0.341 e. The zero-order valence-electron chi connectivity index (χ0n) is 16.7. The summed E-state index contributed by atoms with van der Waals surface area (Å²) in [6.07, 6.45) is 0. The number of aryl methyl sites for hydroxylation is 1. The lowest BCUT2D eigenvalue weighted by Crippen LogP contribution is -2.28. The van der Waals surface area contributed by atoms with Crippen molar-refractivity contribution >= 4 is 39.8 Å². The number of hydrogen-bond donors (Lipinski definition) is 2. The molecule has 2 aromatic rings. The molecule has 150 valence electrons. The molecule has 0 bridgehead atoms. The summed E-state index contributed by atoms with van der Waals surface area (Å²) in [4.78, 5) is 38.7. The standard InChI is InChI=1S/C20H25N3O4S/c1-12-13(2)28-19(22-14(3)24)18(12)20(26)27-11-17(25)21-10-15-6-8-16(9-7-15)23(4)5/h6-9H,10-11H2,1-5H3,(H,21,25)(H,22,24). The van der Waals surface area contributed by atoms with Crippen LogP contribution in [0.2, 0.25) is 0 Å². The number of carbonyl (C=O) groups excluding carboxylic acids is 3. The fourth-order valence-electron chi connectivity index (χ4n) is 2.49. The molecule has 0 radical (unpaired) electrons. The highest BCUT2D eigenvalue weighted by Gasteiger charge is 2.22. The van der Waals surface area contributed by atoms with Gasteiger partial charge in [0.2, 0.25) is 5.91 Å². The Bertz CT molecular complexity index is 872. The van der Waals surface area contributed by atoms with Gasteiger partial charge in [-0.1, -0.05) is 12.1 Å².